The molecule has 3 aromatic rings. The molecule has 0 fully saturated rings. The molecule has 1 aliphatic rings. The molecule has 0 spiro atoms. The molecule has 4 rings (SSSR count). The summed E-state index contributed by atoms with van der Waals surface area (Å²) in [6, 6.07) is 18.1. The van der Waals surface area contributed by atoms with Crippen LogP contribution in [-0.4, -0.2) is 11.9 Å². The Balaban J connectivity index is 1.45. The van der Waals surface area contributed by atoms with E-state index in [0.29, 0.717) is 22.7 Å². The quantitative estimate of drug-likeness (QED) is 0.552. The van der Waals surface area contributed by atoms with Gasteiger partial charge >= 0.3 is 5.97 Å². The number of anilines is 1. The molecule has 0 aliphatic carbocycles. The molecule has 2 heterocycles. The third-order valence-electron chi connectivity index (χ3n) is 4.31. The largest absolute Gasteiger partial charge is 0.458 e. The van der Waals surface area contributed by atoms with E-state index in [9.17, 15) is 9.59 Å². The molecule has 0 unspecified atom stereocenters. The highest BCUT2D eigenvalue weighted by Gasteiger charge is 2.23. The minimum absolute atomic E-state index is 0.0265. The van der Waals surface area contributed by atoms with Crippen LogP contribution in [0, 0.1) is 6.92 Å². The van der Waals surface area contributed by atoms with Gasteiger partial charge in [-0.2, -0.15) is 0 Å². The third kappa shape index (κ3) is 3.53. The molecule has 0 bridgehead atoms. The normalized spacial score (nSPS) is 14.1. The van der Waals surface area contributed by atoms with Crippen molar-refractivity contribution in [3.05, 3.63) is 88.9 Å². The van der Waals surface area contributed by atoms with Gasteiger partial charge in [0, 0.05) is 11.3 Å². The van der Waals surface area contributed by atoms with Crippen LogP contribution in [0.15, 0.2) is 65.1 Å². The average molecular weight is 359 g/mol. The number of hydrogen-bond acceptors (Lipinski definition) is 4. The number of para-hydroxylation sites is 1. The van der Waals surface area contributed by atoms with E-state index >= 15 is 0 Å². The van der Waals surface area contributed by atoms with E-state index in [1.165, 1.54) is 0 Å². The van der Waals surface area contributed by atoms with Crippen LogP contribution >= 0.6 is 0 Å². The second-order valence-electron chi connectivity index (χ2n) is 6.30. The SMILES string of the molecule is Cc1ccc(C(=O)OCc2ccc(/C=C3\C(=O)Nc4ccccc43)o2)cc1. The zero-order chi connectivity index (χ0) is 18.8. The van der Waals surface area contributed by atoms with Gasteiger partial charge < -0.3 is 14.5 Å². The summed E-state index contributed by atoms with van der Waals surface area (Å²) < 4.78 is 11.0. The fraction of sp³-hybridized carbons (Fsp3) is 0.0909. The first-order valence-corrected chi connectivity index (χ1v) is 8.55. The first-order chi connectivity index (χ1) is 13.1. The Labute approximate surface area is 156 Å². The molecule has 1 N–H and O–H groups in total. The van der Waals surface area contributed by atoms with E-state index in [1.807, 2.05) is 43.3 Å². The lowest BCUT2D eigenvalue weighted by Gasteiger charge is -2.03. The first-order valence-electron chi connectivity index (χ1n) is 8.55. The smallest absolute Gasteiger partial charge is 0.338 e. The van der Waals surface area contributed by atoms with Crippen LogP contribution in [0.3, 0.4) is 0 Å². The van der Waals surface area contributed by atoms with Gasteiger partial charge in [-0.3, -0.25) is 4.79 Å². The lowest BCUT2D eigenvalue weighted by Crippen LogP contribution is -2.04. The molecule has 27 heavy (non-hydrogen) atoms. The molecule has 5 heteroatoms. The standard InChI is InChI=1S/C22H17NO4/c1-14-6-8-15(9-7-14)22(25)26-13-17-11-10-16(27-17)12-19-18-4-2-3-5-20(18)23-21(19)24/h2-12H,13H2,1H3,(H,23,24)/b19-12-. The zero-order valence-corrected chi connectivity index (χ0v) is 14.7. The second-order valence-corrected chi connectivity index (χ2v) is 6.30. The maximum atomic E-state index is 12.1. The topological polar surface area (TPSA) is 68.5 Å². The Morgan fingerprint density at radius 3 is 2.67 bits per heavy atom. The maximum absolute atomic E-state index is 12.1. The van der Waals surface area contributed by atoms with Gasteiger partial charge in [-0.05, 0) is 43.3 Å². The highest BCUT2D eigenvalue weighted by atomic mass is 16.5. The van der Waals surface area contributed by atoms with Crippen LogP contribution in [0.25, 0.3) is 11.6 Å². The van der Waals surface area contributed by atoms with E-state index in [0.717, 1.165) is 16.8 Å². The van der Waals surface area contributed by atoms with Crippen molar-refractivity contribution < 1.29 is 18.7 Å². The second kappa shape index (κ2) is 6.96. The average Bonchev–Trinajstić information content (AvgIpc) is 3.25. The molecule has 0 saturated carbocycles. The number of amides is 1. The van der Waals surface area contributed by atoms with Crippen molar-refractivity contribution in [1.82, 2.24) is 0 Å². The fourth-order valence-corrected chi connectivity index (χ4v) is 2.88. The number of esters is 1. The summed E-state index contributed by atoms with van der Waals surface area (Å²) >= 11 is 0. The van der Waals surface area contributed by atoms with Crippen LogP contribution in [0.4, 0.5) is 5.69 Å². The predicted molar refractivity (Wildman–Crippen MR) is 102 cm³/mol. The third-order valence-corrected chi connectivity index (χ3v) is 4.31. The molecule has 5 nitrogen and oxygen atoms in total. The molecule has 1 aromatic heterocycles. The number of carbonyl (C=O) groups is 2. The maximum Gasteiger partial charge on any atom is 0.338 e. The Morgan fingerprint density at radius 1 is 1.07 bits per heavy atom. The van der Waals surface area contributed by atoms with Crippen LogP contribution < -0.4 is 5.32 Å². The number of aryl methyl sites for hydroxylation is 1. The van der Waals surface area contributed by atoms with Gasteiger partial charge in [0.2, 0.25) is 0 Å². The molecule has 0 radical (unpaired) electrons. The number of hydrogen-bond donors (Lipinski definition) is 1. The number of benzene rings is 2. The molecule has 1 aliphatic heterocycles. The fourth-order valence-electron chi connectivity index (χ4n) is 2.88. The van der Waals surface area contributed by atoms with Gasteiger partial charge in [0.25, 0.3) is 5.91 Å². The Bertz CT molecular complexity index is 1040. The first kappa shape index (κ1) is 16.8. The predicted octanol–water partition coefficient (Wildman–Crippen LogP) is 4.44. The van der Waals surface area contributed by atoms with Crippen LogP contribution in [-0.2, 0) is 16.1 Å². The number of ether oxygens (including phenoxy) is 1. The lowest BCUT2D eigenvalue weighted by molar-refractivity contribution is -0.110. The van der Waals surface area contributed by atoms with Crippen molar-refractivity contribution in [3.63, 3.8) is 0 Å². The minimum Gasteiger partial charge on any atom is -0.458 e. The van der Waals surface area contributed by atoms with Gasteiger partial charge in [-0.1, -0.05) is 35.9 Å². The van der Waals surface area contributed by atoms with E-state index < -0.39 is 5.97 Å². The summed E-state index contributed by atoms with van der Waals surface area (Å²) in [7, 11) is 0. The number of carbonyl (C=O) groups excluding carboxylic acids is 2. The van der Waals surface area contributed by atoms with Crippen LogP contribution in [0.2, 0.25) is 0 Å². The van der Waals surface area contributed by atoms with E-state index in [4.69, 9.17) is 9.15 Å². The molecular formula is C22H17NO4. The highest BCUT2D eigenvalue weighted by molar-refractivity contribution is 6.34. The lowest BCUT2D eigenvalue weighted by atomic mass is 10.1. The van der Waals surface area contributed by atoms with Crippen molar-refractivity contribution in [2.45, 2.75) is 13.5 Å². The molecule has 0 atom stereocenters. The van der Waals surface area contributed by atoms with Gasteiger partial charge in [0.05, 0.1) is 11.1 Å². The van der Waals surface area contributed by atoms with Crippen molar-refractivity contribution >= 4 is 29.2 Å². The Kier molecular flexibility index (Phi) is 4.34. The van der Waals surface area contributed by atoms with Crippen molar-refractivity contribution in [1.29, 1.82) is 0 Å². The molecule has 0 saturated heterocycles. The van der Waals surface area contributed by atoms with Crippen LogP contribution in [0.1, 0.15) is 33.0 Å². The summed E-state index contributed by atoms with van der Waals surface area (Å²) in [5.41, 5.74) is 3.74. The number of nitrogens with one attached hydrogen (secondary N) is 1. The number of furan rings is 1. The number of fused-ring (bicyclic) bond motifs is 1. The zero-order valence-electron chi connectivity index (χ0n) is 14.7. The molecule has 134 valence electrons. The molecule has 2 aromatic carbocycles. The van der Waals surface area contributed by atoms with Crippen molar-refractivity contribution in [2.75, 3.05) is 5.32 Å². The van der Waals surface area contributed by atoms with Crippen LogP contribution in [0.5, 0.6) is 0 Å². The van der Waals surface area contributed by atoms with Crippen molar-refractivity contribution in [3.8, 4) is 0 Å². The summed E-state index contributed by atoms with van der Waals surface area (Å²) in [4.78, 5) is 24.2. The van der Waals surface area contributed by atoms with Gasteiger partial charge in [-0.15, -0.1) is 0 Å². The monoisotopic (exact) mass is 359 g/mol. The summed E-state index contributed by atoms with van der Waals surface area (Å²) in [5.74, 6) is 0.461. The Morgan fingerprint density at radius 2 is 1.85 bits per heavy atom. The van der Waals surface area contributed by atoms with E-state index in [-0.39, 0.29) is 12.5 Å². The summed E-state index contributed by atoms with van der Waals surface area (Å²) in [6.45, 7) is 1.98. The molecule has 1 amide bonds. The van der Waals surface area contributed by atoms with E-state index in [1.54, 1.807) is 30.3 Å². The Hall–Kier alpha value is -3.60. The van der Waals surface area contributed by atoms with E-state index in [2.05, 4.69) is 5.32 Å². The highest BCUT2D eigenvalue weighted by Crippen LogP contribution is 2.32. The van der Waals surface area contributed by atoms with Crippen molar-refractivity contribution in [2.24, 2.45) is 0 Å². The number of rotatable bonds is 4. The van der Waals surface area contributed by atoms with Gasteiger partial charge in [0.15, 0.2) is 0 Å². The van der Waals surface area contributed by atoms with Gasteiger partial charge in [0.1, 0.15) is 18.1 Å². The minimum atomic E-state index is -0.407. The van der Waals surface area contributed by atoms with Gasteiger partial charge in [-0.25, -0.2) is 4.79 Å². The summed E-state index contributed by atoms with van der Waals surface area (Å²) in [5, 5.41) is 2.82. The molecular weight excluding hydrogens is 342 g/mol. The summed E-state index contributed by atoms with van der Waals surface area (Å²) in [6.07, 6.45) is 1.69.